The van der Waals surface area contributed by atoms with E-state index in [-0.39, 0.29) is 11.9 Å². The Hall–Kier alpha value is -1.65. The van der Waals surface area contributed by atoms with Gasteiger partial charge in [-0.25, -0.2) is 9.97 Å². The molecule has 0 aliphatic rings. The smallest absolute Gasteiger partial charge is 0.225 e. The van der Waals surface area contributed by atoms with Crippen LogP contribution in [0.4, 0.5) is 5.95 Å². The van der Waals surface area contributed by atoms with Gasteiger partial charge in [-0.1, -0.05) is 0 Å². The molecule has 1 aromatic rings. The van der Waals surface area contributed by atoms with Gasteiger partial charge in [-0.3, -0.25) is 5.41 Å². The van der Waals surface area contributed by atoms with Crippen molar-refractivity contribution in [2.24, 2.45) is 5.73 Å². The van der Waals surface area contributed by atoms with Gasteiger partial charge in [0.2, 0.25) is 5.95 Å². The number of nitrogens with two attached hydrogens (primary N) is 1. The highest BCUT2D eigenvalue weighted by Crippen LogP contribution is 2.10. The molecule has 0 aliphatic heterocycles. The fourth-order valence-corrected chi connectivity index (χ4v) is 1.22. The van der Waals surface area contributed by atoms with E-state index in [1.54, 1.807) is 12.4 Å². The summed E-state index contributed by atoms with van der Waals surface area (Å²) in [6.45, 7) is 3.94. The molecule has 0 saturated carbocycles. The van der Waals surface area contributed by atoms with Crippen LogP contribution in [-0.2, 0) is 0 Å². The summed E-state index contributed by atoms with van der Waals surface area (Å²) in [7, 11) is 1.90. The third-order valence-electron chi connectivity index (χ3n) is 2.26. The lowest BCUT2D eigenvalue weighted by molar-refractivity contribution is 0.688. The van der Waals surface area contributed by atoms with Crippen LogP contribution in [0.3, 0.4) is 0 Å². The third-order valence-corrected chi connectivity index (χ3v) is 2.26. The molecular weight excluding hydrogens is 190 g/mol. The van der Waals surface area contributed by atoms with Gasteiger partial charge in [0.1, 0.15) is 0 Å². The predicted molar refractivity (Wildman–Crippen MR) is 61.2 cm³/mol. The molecule has 82 valence electrons. The first kappa shape index (κ1) is 11.4. The van der Waals surface area contributed by atoms with Crippen LogP contribution < -0.4 is 10.6 Å². The van der Waals surface area contributed by atoms with Crippen LogP contribution >= 0.6 is 0 Å². The van der Waals surface area contributed by atoms with E-state index in [2.05, 4.69) is 9.97 Å². The molecule has 0 aliphatic carbocycles. The maximum atomic E-state index is 7.22. The van der Waals surface area contributed by atoms with Gasteiger partial charge < -0.3 is 10.6 Å². The molecule has 0 amide bonds. The predicted octanol–water partition coefficient (Wildman–Crippen LogP) is 0.936. The Morgan fingerprint density at radius 1 is 1.53 bits per heavy atom. The molecule has 0 bridgehead atoms. The highest BCUT2D eigenvalue weighted by molar-refractivity contribution is 5.77. The molecule has 3 N–H and O–H groups in total. The fourth-order valence-electron chi connectivity index (χ4n) is 1.22. The first-order chi connectivity index (χ1) is 7.00. The molecule has 5 heteroatoms. The van der Waals surface area contributed by atoms with Crippen LogP contribution in [0.1, 0.15) is 18.9 Å². The average Bonchev–Trinajstić information content (AvgIpc) is 2.17. The molecule has 0 aromatic carbocycles. The minimum Gasteiger partial charge on any atom is -0.388 e. The number of aromatic nitrogens is 2. The van der Waals surface area contributed by atoms with Gasteiger partial charge in [0.05, 0.1) is 5.84 Å². The molecule has 1 aromatic heterocycles. The Morgan fingerprint density at radius 2 is 2.07 bits per heavy atom. The Morgan fingerprint density at radius 3 is 2.53 bits per heavy atom. The van der Waals surface area contributed by atoms with E-state index in [0.717, 1.165) is 5.56 Å². The summed E-state index contributed by atoms with van der Waals surface area (Å²) in [6.07, 6.45) is 4.08. The lowest BCUT2D eigenvalue weighted by Crippen LogP contribution is -2.33. The summed E-state index contributed by atoms with van der Waals surface area (Å²) in [6, 6.07) is 0.130. The van der Waals surface area contributed by atoms with E-state index in [4.69, 9.17) is 11.1 Å². The summed E-state index contributed by atoms with van der Waals surface area (Å²) in [4.78, 5) is 10.3. The van der Waals surface area contributed by atoms with Gasteiger partial charge in [-0.2, -0.15) is 0 Å². The Kier molecular flexibility index (Phi) is 3.60. The first-order valence-corrected chi connectivity index (χ1v) is 4.85. The second kappa shape index (κ2) is 4.72. The number of anilines is 1. The molecule has 0 radical (unpaired) electrons. The Balaban J connectivity index is 2.71. The molecule has 0 spiro atoms. The van der Waals surface area contributed by atoms with Crippen LogP contribution in [-0.4, -0.2) is 28.9 Å². The van der Waals surface area contributed by atoms with Crippen LogP contribution in [0, 0.1) is 12.3 Å². The summed E-state index contributed by atoms with van der Waals surface area (Å²) in [5, 5.41) is 7.22. The SMILES string of the molecule is Cc1cnc(N(C)C(C)CC(=N)N)nc1. The van der Waals surface area contributed by atoms with Crippen molar-refractivity contribution in [1.82, 2.24) is 9.97 Å². The maximum absolute atomic E-state index is 7.22. The number of hydrogen-bond donors (Lipinski definition) is 2. The molecule has 15 heavy (non-hydrogen) atoms. The van der Waals surface area contributed by atoms with E-state index in [9.17, 15) is 0 Å². The van der Waals surface area contributed by atoms with E-state index in [1.165, 1.54) is 0 Å². The fraction of sp³-hybridized carbons (Fsp3) is 0.500. The van der Waals surface area contributed by atoms with Crippen molar-refractivity contribution in [2.75, 3.05) is 11.9 Å². The summed E-state index contributed by atoms with van der Waals surface area (Å²) < 4.78 is 0. The summed E-state index contributed by atoms with van der Waals surface area (Å²) >= 11 is 0. The van der Waals surface area contributed by atoms with Crippen LogP contribution in [0.15, 0.2) is 12.4 Å². The Labute approximate surface area is 89.8 Å². The van der Waals surface area contributed by atoms with Gasteiger partial charge in [-0.05, 0) is 19.4 Å². The van der Waals surface area contributed by atoms with Gasteiger partial charge in [0.15, 0.2) is 0 Å². The lowest BCUT2D eigenvalue weighted by Gasteiger charge is -2.24. The monoisotopic (exact) mass is 207 g/mol. The summed E-state index contributed by atoms with van der Waals surface area (Å²) in [5.74, 6) is 0.843. The van der Waals surface area contributed by atoms with Gasteiger partial charge in [0, 0.05) is 31.9 Å². The van der Waals surface area contributed by atoms with Crippen molar-refractivity contribution in [3.63, 3.8) is 0 Å². The molecule has 1 heterocycles. The zero-order valence-electron chi connectivity index (χ0n) is 9.36. The molecule has 0 saturated heterocycles. The average molecular weight is 207 g/mol. The van der Waals surface area contributed by atoms with Crippen molar-refractivity contribution in [3.05, 3.63) is 18.0 Å². The standard InChI is InChI=1S/C10H17N5/c1-7-5-13-10(14-6-7)15(3)8(2)4-9(11)12/h5-6,8H,4H2,1-3H3,(H3,11,12). The zero-order chi connectivity index (χ0) is 11.4. The van der Waals surface area contributed by atoms with Gasteiger partial charge in [-0.15, -0.1) is 0 Å². The van der Waals surface area contributed by atoms with Crippen molar-refractivity contribution >= 4 is 11.8 Å². The Bertz CT molecular complexity index is 332. The van der Waals surface area contributed by atoms with Crippen LogP contribution in [0.5, 0.6) is 0 Å². The summed E-state index contributed by atoms with van der Waals surface area (Å²) in [5.41, 5.74) is 6.38. The molecule has 1 atom stereocenters. The van der Waals surface area contributed by atoms with E-state index < -0.39 is 0 Å². The van der Waals surface area contributed by atoms with E-state index in [1.807, 2.05) is 25.8 Å². The minimum absolute atomic E-state index is 0.130. The second-order valence-electron chi connectivity index (χ2n) is 3.75. The van der Waals surface area contributed by atoms with Crippen molar-refractivity contribution in [3.8, 4) is 0 Å². The number of rotatable bonds is 4. The highest BCUT2D eigenvalue weighted by Gasteiger charge is 2.12. The number of amidine groups is 1. The minimum atomic E-state index is 0.130. The molecule has 0 fully saturated rings. The van der Waals surface area contributed by atoms with Crippen molar-refractivity contribution < 1.29 is 0 Å². The lowest BCUT2D eigenvalue weighted by atomic mass is 10.2. The van der Waals surface area contributed by atoms with Gasteiger partial charge >= 0.3 is 0 Å². The first-order valence-electron chi connectivity index (χ1n) is 4.85. The molecule has 1 rings (SSSR count). The van der Waals surface area contributed by atoms with E-state index in [0.29, 0.717) is 12.4 Å². The van der Waals surface area contributed by atoms with Crippen LogP contribution in [0.25, 0.3) is 0 Å². The number of hydrogen-bond acceptors (Lipinski definition) is 4. The normalized spacial score (nSPS) is 12.2. The number of aryl methyl sites for hydroxylation is 1. The number of nitrogens with one attached hydrogen (secondary N) is 1. The second-order valence-corrected chi connectivity index (χ2v) is 3.75. The van der Waals surface area contributed by atoms with Crippen molar-refractivity contribution in [2.45, 2.75) is 26.3 Å². The topological polar surface area (TPSA) is 78.9 Å². The number of nitrogens with zero attached hydrogens (tertiary/aromatic N) is 3. The third kappa shape index (κ3) is 3.19. The van der Waals surface area contributed by atoms with Crippen molar-refractivity contribution in [1.29, 1.82) is 5.41 Å². The van der Waals surface area contributed by atoms with Gasteiger partial charge in [0.25, 0.3) is 0 Å². The zero-order valence-corrected chi connectivity index (χ0v) is 9.36. The van der Waals surface area contributed by atoms with Crippen LogP contribution in [0.2, 0.25) is 0 Å². The quantitative estimate of drug-likeness (QED) is 0.568. The molecule has 5 nitrogen and oxygen atoms in total. The highest BCUT2D eigenvalue weighted by atomic mass is 15.2. The largest absolute Gasteiger partial charge is 0.388 e. The molecule has 1 unspecified atom stereocenters. The maximum Gasteiger partial charge on any atom is 0.225 e. The van der Waals surface area contributed by atoms with E-state index >= 15 is 0 Å². The molecular formula is C10H17N5.